The summed E-state index contributed by atoms with van der Waals surface area (Å²) in [7, 11) is 0. The topological polar surface area (TPSA) is 81.5 Å². The quantitative estimate of drug-likeness (QED) is 0.628. The van der Waals surface area contributed by atoms with Crippen LogP contribution in [0.4, 0.5) is 11.4 Å². The second-order valence-corrected chi connectivity index (χ2v) is 3.41. The average molecular weight is 224 g/mol. The van der Waals surface area contributed by atoms with Gasteiger partial charge in [0.05, 0.1) is 4.92 Å². The van der Waals surface area contributed by atoms with Crippen LogP contribution in [-0.4, -0.2) is 10.9 Å². The molecule has 1 aromatic rings. The van der Waals surface area contributed by atoms with Crippen molar-refractivity contribution < 1.29 is 14.6 Å². The Bertz CT molecular complexity index is 443. The van der Waals surface area contributed by atoms with Gasteiger partial charge >= 0.3 is 5.97 Å². The number of aryl methyl sites for hydroxylation is 2. The molecule has 0 unspecified atom stereocenters. The highest BCUT2D eigenvalue weighted by atomic mass is 16.7. The number of hydrogen-bond donors (Lipinski definition) is 1. The van der Waals surface area contributed by atoms with Crippen LogP contribution in [0.2, 0.25) is 0 Å². The molecule has 0 heterocycles. The molecule has 0 fully saturated rings. The van der Waals surface area contributed by atoms with E-state index in [0.717, 1.165) is 11.1 Å². The highest BCUT2D eigenvalue weighted by Crippen LogP contribution is 2.27. The summed E-state index contributed by atoms with van der Waals surface area (Å²) in [4.78, 5) is 25.3. The number of nitrogens with one attached hydrogen (secondary N) is 1. The number of benzene rings is 1. The van der Waals surface area contributed by atoms with Gasteiger partial charge in [0.15, 0.2) is 0 Å². The first-order chi connectivity index (χ1) is 7.41. The number of rotatable bonds is 3. The van der Waals surface area contributed by atoms with Crippen molar-refractivity contribution in [1.82, 2.24) is 0 Å². The predicted octanol–water partition coefficient (Wildman–Crippen LogP) is 2.10. The molecule has 0 amide bonds. The maximum atomic E-state index is 10.8. The maximum Gasteiger partial charge on any atom is 0.329 e. The molecule has 1 N–H and O–H groups in total. The van der Waals surface area contributed by atoms with E-state index in [9.17, 15) is 14.9 Å². The van der Waals surface area contributed by atoms with Gasteiger partial charge in [-0.05, 0) is 31.0 Å². The number of nitrogens with zero attached hydrogens (tertiary/aromatic N) is 1. The van der Waals surface area contributed by atoms with Crippen molar-refractivity contribution in [2.75, 3.05) is 5.48 Å². The van der Waals surface area contributed by atoms with E-state index in [2.05, 4.69) is 10.3 Å². The molecule has 0 spiro atoms. The zero-order valence-corrected chi connectivity index (χ0v) is 9.23. The second kappa shape index (κ2) is 4.61. The van der Waals surface area contributed by atoms with Crippen LogP contribution in [0.1, 0.15) is 18.1 Å². The van der Waals surface area contributed by atoms with E-state index in [1.54, 1.807) is 13.0 Å². The summed E-state index contributed by atoms with van der Waals surface area (Å²) in [6.07, 6.45) is 0. The maximum absolute atomic E-state index is 10.8. The fraction of sp³-hybridized carbons (Fsp3) is 0.300. The number of hydrogen-bond acceptors (Lipinski definition) is 5. The first-order valence-corrected chi connectivity index (χ1v) is 4.61. The van der Waals surface area contributed by atoms with E-state index in [4.69, 9.17) is 0 Å². The molecular weight excluding hydrogens is 212 g/mol. The van der Waals surface area contributed by atoms with Gasteiger partial charge in [-0.25, -0.2) is 5.48 Å². The van der Waals surface area contributed by atoms with Crippen LogP contribution in [0.25, 0.3) is 0 Å². The Kier molecular flexibility index (Phi) is 3.44. The summed E-state index contributed by atoms with van der Waals surface area (Å²) >= 11 is 0. The lowest BCUT2D eigenvalue weighted by atomic mass is 10.1. The molecule has 16 heavy (non-hydrogen) atoms. The van der Waals surface area contributed by atoms with E-state index in [0.29, 0.717) is 0 Å². The van der Waals surface area contributed by atoms with E-state index in [1.807, 2.05) is 6.92 Å². The van der Waals surface area contributed by atoms with Gasteiger partial charge in [-0.2, -0.15) is 0 Å². The summed E-state index contributed by atoms with van der Waals surface area (Å²) in [6, 6.07) is 3.00. The zero-order valence-electron chi connectivity index (χ0n) is 9.23. The van der Waals surface area contributed by atoms with Crippen molar-refractivity contribution in [2.24, 2.45) is 0 Å². The molecule has 6 heteroatoms. The molecule has 6 nitrogen and oxygen atoms in total. The Morgan fingerprint density at radius 1 is 1.38 bits per heavy atom. The Balaban J connectivity index is 3.09. The minimum Gasteiger partial charge on any atom is -0.344 e. The number of nitro groups is 1. The summed E-state index contributed by atoms with van der Waals surface area (Å²) in [5.74, 6) is -0.562. The molecule has 0 aliphatic rings. The van der Waals surface area contributed by atoms with Gasteiger partial charge in [0, 0.05) is 13.0 Å². The van der Waals surface area contributed by atoms with Crippen LogP contribution in [0.5, 0.6) is 0 Å². The molecule has 0 radical (unpaired) electrons. The molecule has 0 aliphatic carbocycles. The van der Waals surface area contributed by atoms with Gasteiger partial charge in [0.25, 0.3) is 5.69 Å². The van der Waals surface area contributed by atoms with Gasteiger partial charge in [-0.15, -0.1) is 0 Å². The SMILES string of the molecule is CC(=O)ONc1cc(C)c(C)cc1[N+](=O)[O-]. The Labute approximate surface area is 92.3 Å². The van der Waals surface area contributed by atoms with Crippen LogP contribution >= 0.6 is 0 Å². The van der Waals surface area contributed by atoms with Crippen molar-refractivity contribution in [3.63, 3.8) is 0 Å². The van der Waals surface area contributed by atoms with E-state index >= 15 is 0 Å². The first-order valence-electron chi connectivity index (χ1n) is 4.61. The molecular formula is C10H12N2O4. The van der Waals surface area contributed by atoms with E-state index in [1.165, 1.54) is 13.0 Å². The minimum atomic E-state index is -0.562. The number of anilines is 1. The lowest BCUT2D eigenvalue weighted by Gasteiger charge is -2.08. The minimum absolute atomic E-state index is 0.121. The van der Waals surface area contributed by atoms with Gasteiger partial charge < -0.3 is 4.84 Å². The summed E-state index contributed by atoms with van der Waals surface area (Å²) in [5.41, 5.74) is 4.00. The van der Waals surface area contributed by atoms with Crippen LogP contribution in [-0.2, 0) is 9.63 Å². The Morgan fingerprint density at radius 2 is 1.94 bits per heavy atom. The van der Waals surface area contributed by atoms with Crippen molar-refractivity contribution >= 4 is 17.3 Å². The van der Waals surface area contributed by atoms with Crippen molar-refractivity contribution in [3.8, 4) is 0 Å². The standard InChI is InChI=1S/C10H12N2O4/c1-6-4-9(11-16-8(3)13)10(12(14)15)5-7(6)2/h4-5,11H,1-3H3. The second-order valence-electron chi connectivity index (χ2n) is 3.41. The van der Waals surface area contributed by atoms with Gasteiger partial charge in [-0.1, -0.05) is 0 Å². The average Bonchev–Trinajstić information content (AvgIpc) is 2.18. The fourth-order valence-electron chi connectivity index (χ4n) is 1.16. The van der Waals surface area contributed by atoms with Crippen LogP contribution in [0.15, 0.2) is 12.1 Å². The summed E-state index contributed by atoms with van der Waals surface area (Å²) in [6.45, 7) is 4.80. The van der Waals surface area contributed by atoms with Crippen molar-refractivity contribution in [1.29, 1.82) is 0 Å². The fourth-order valence-corrected chi connectivity index (χ4v) is 1.16. The van der Waals surface area contributed by atoms with Crippen LogP contribution in [0.3, 0.4) is 0 Å². The molecule has 0 bridgehead atoms. The van der Waals surface area contributed by atoms with Crippen molar-refractivity contribution in [3.05, 3.63) is 33.4 Å². The third-order valence-electron chi connectivity index (χ3n) is 2.11. The first kappa shape index (κ1) is 12.0. The molecule has 86 valence electrons. The summed E-state index contributed by atoms with van der Waals surface area (Å²) < 4.78 is 0. The lowest BCUT2D eigenvalue weighted by Crippen LogP contribution is -2.08. The third kappa shape index (κ3) is 2.69. The largest absolute Gasteiger partial charge is 0.344 e. The van der Waals surface area contributed by atoms with E-state index < -0.39 is 10.9 Å². The Morgan fingerprint density at radius 3 is 2.44 bits per heavy atom. The van der Waals surface area contributed by atoms with Crippen LogP contribution in [0, 0.1) is 24.0 Å². The molecule has 0 saturated heterocycles. The molecule has 1 rings (SSSR count). The van der Waals surface area contributed by atoms with Gasteiger partial charge in [0.2, 0.25) is 0 Å². The Hall–Kier alpha value is -2.11. The van der Waals surface area contributed by atoms with Crippen molar-refractivity contribution in [2.45, 2.75) is 20.8 Å². The normalized spacial score (nSPS) is 9.69. The van der Waals surface area contributed by atoms with Crippen LogP contribution < -0.4 is 5.48 Å². The molecule has 0 aliphatic heterocycles. The van der Waals surface area contributed by atoms with Gasteiger partial charge in [0.1, 0.15) is 5.69 Å². The highest BCUT2D eigenvalue weighted by molar-refractivity contribution is 5.69. The highest BCUT2D eigenvalue weighted by Gasteiger charge is 2.16. The smallest absolute Gasteiger partial charge is 0.329 e. The lowest BCUT2D eigenvalue weighted by molar-refractivity contribution is -0.384. The number of nitro benzene ring substituents is 1. The number of carbonyl (C=O) groups is 1. The predicted molar refractivity (Wildman–Crippen MR) is 58.0 cm³/mol. The number of carbonyl (C=O) groups excluding carboxylic acids is 1. The third-order valence-corrected chi connectivity index (χ3v) is 2.11. The molecule has 1 aromatic carbocycles. The molecule has 0 saturated carbocycles. The molecule has 0 atom stereocenters. The summed E-state index contributed by atoms with van der Waals surface area (Å²) in [5, 5.41) is 10.8. The van der Waals surface area contributed by atoms with E-state index in [-0.39, 0.29) is 11.4 Å². The zero-order chi connectivity index (χ0) is 12.3. The molecule has 0 aromatic heterocycles. The van der Waals surface area contributed by atoms with Gasteiger partial charge in [-0.3, -0.25) is 14.9 Å². The monoisotopic (exact) mass is 224 g/mol.